The monoisotopic (exact) mass is 296 g/mol. The van der Waals surface area contributed by atoms with Crippen LogP contribution in [0.25, 0.3) is 11.0 Å². The van der Waals surface area contributed by atoms with Crippen LogP contribution in [0.4, 0.5) is 4.39 Å². The van der Waals surface area contributed by atoms with Crippen LogP contribution in [0, 0.1) is 5.82 Å². The summed E-state index contributed by atoms with van der Waals surface area (Å²) in [5, 5.41) is 1.14. The van der Waals surface area contributed by atoms with Crippen molar-refractivity contribution >= 4 is 11.0 Å². The molecular weight excluding hydrogens is 279 g/mol. The fourth-order valence-electron chi connectivity index (χ4n) is 3.11. The van der Waals surface area contributed by atoms with Gasteiger partial charge in [0.05, 0.1) is 0 Å². The SMILES string of the molecule is Fc1ccccc1COc1ccc2oc3c(c2c1)CCCC3. The normalized spacial score (nSPS) is 14.0. The summed E-state index contributed by atoms with van der Waals surface area (Å²) in [6, 6.07) is 12.5. The quantitative estimate of drug-likeness (QED) is 0.676. The molecule has 112 valence electrons. The van der Waals surface area contributed by atoms with Crippen molar-refractivity contribution in [2.24, 2.45) is 0 Å². The van der Waals surface area contributed by atoms with Crippen molar-refractivity contribution in [3.63, 3.8) is 0 Å². The third-order valence-corrected chi connectivity index (χ3v) is 4.28. The van der Waals surface area contributed by atoms with E-state index >= 15 is 0 Å². The van der Waals surface area contributed by atoms with E-state index in [4.69, 9.17) is 9.15 Å². The van der Waals surface area contributed by atoms with Crippen molar-refractivity contribution in [1.29, 1.82) is 0 Å². The Labute approximate surface area is 128 Å². The van der Waals surface area contributed by atoms with E-state index in [2.05, 4.69) is 0 Å². The first-order valence-electron chi connectivity index (χ1n) is 7.72. The lowest BCUT2D eigenvalue weighted by Crippen LogP contribution is -1.99. The molecule has 1 aromatic heterocycles. The van der Waals surface area contributed by atoms with E-state index in [1.165, 1.54) is 24.5 Å². The number of hydrogen-bond acceptors (Lipinski definition) is 2. The first kappa shape index (κ1) is 13.4. The third kappa shape index (κ3) is 2.37. The molecule has 0 atom stereocenters. The molecule has 0 saturated carbocycles. The summed E-state index contributed by atoms with van der Waals surface area (Å²) in [5.74, 6) is 1.64. The molecule has 3 aromatic rings. The van der Waals surface area contributed by atoms with Gasteiger partial charge >= 0.3 is 0 Å². The van der Waals surface area contributed by atoms with Crippen LogP contribution >= 0.6 is 0 Å². The molecule has 4 rings (SSSR count). The standard InChI is InChI=1S/C19H17FO2/c20-17-7-3-1-5-13(17)12-21-14-9-10-19-16(11-14)15-6-2-4-8-18(15)22-19/h1,3,5,7,9-11H,2,4,6,8,12H2. The minimum Gasteiger partial charge on any atom is -0.489 e. The molecule has 22 heavy (non-hydrogen) atoms. The highest BCUT2D eigenvalue weighted by Crippen LogP contribution is 2.34. The molecule has 0 fully saturated rings. The van der Waals surface area contributed by atoms with Crippen LogP contribution in [0.1, 0.15) is 29.7 Å². The van der Waals surface area contributed by atoms with Gasteiger partial charge in [0.15, 0.2) is 0 Å². The van der Waals surface area contributed by atoms with Crippen molar-refractivity contribution in [1.82, 2.24) is 0 Å². The van der Waals surface area contributed by atoms with E-state index in [0.29, 0.717) is 5.56 Å². The van der Waals surface area contributed by atoms with E-state index in [-0.39, 0.29) is 12.4 Å². The molecule has 0 aliphatic heterocycles. The molecule has 2 aromatic carbocycles. The van der Waals surface area contributed by atoms with Gasteiger partial charge in [-0.2, -0.15) is 0 Å². The van der Waals surface area contributed by atoms with Crippen LogP contribution in [0.15, 0.2) is 46.9 Å². The van der Waals surface area contributed by atoms with E-state index in [0.717, 1.165) is 35.3 Å². The molecule has 0 spiro atoms. The van der Waals surface area contributed by atoms with Gasteiger partial charge < -0.3 is 9.15 Å². The molecule has 0 unspecified atom stereocenters. The molecule has 3 heteroatoms. The number of halogens is 1. The molecule has 1 heterocycles. The van der Waals surface area contributed by atoms with Gasteiger partial charge in [-0.3, -0.25) is 0 Å². The topological polar surface area (TPSA) is 22.4 Å². The molecule has 0 saturated heterocycles. The lowest BCUT2D eigenvalue weighted by atomic mass is 9.96. The van der Waals surface area contributed by atoms with Crippen molar-refractivity contribution < 1.29 is 13.5 Å². The average Bonchev–Trinajstić information content (AvgIpc) is 2.92. The Hall–Kier alpha value is -2.29. The van der Waals surface area contributed by atoms with Crippen LogP contribution < -0.4 is 4.74 Å². The Morgan fingerprint density at radius 1 is 1.05 bits per heavy atom. The maximum Gasteiger partial charge on any atom is 0.134 e. The van der Waals surface area contributed by atoms with Crippen LogP contribution in [-0.4, -0.2) is 0 Å². The second-order valence-electron chi connectivity index (χ2n) is 5.75. The molecule has 0 radical (unpaired) electrons. The molecule has 2 nitrogen and oxygen atoms in total. The van der Waals surface area contributed by atoms with Gasteiger partial charge in [-0.25, -0.2) is 4.39 Å². The number of ether oxygens (including phenoxy) is 1. The van der Waals surface area contributed by atoms with E-state index < -0.39 is 0 Å². The van der Waals surface area contributed by atoms with Crippen molar-refractivity contribution in [2.75, 3.05) is 0 Å². The number of benzene rings is 2. The van der Waals surface area contributed by atoms with Crippen LogP contribution in [0.3, 0.4) is 0 Å². The largest absolute Gasteiger partial charge is 0.489 e. The maximum absolute atomic E-state index is 13.6. The molecule has 0 N–H and O–H groups in total. The Kier molecular flexibility index (Phi) is 3.34. The zero-order valence-corrected chi connectivity index (χ0v) is 12.3. The van der Waals surface area contributed by atoms with Gasteiger partial charge in [0.1, 0.15) is 29.5 Å². The minimum absolute atomic E-state index is 0.232. The Bertz CT molecular complexity index is 819. The minimum atomic E-state index is -0.232. The van der Waals surface area contributed by atoms with Crippen molar-refractivity contribution in [2.45, 2.75) is 32.3 Å². The fraction of sp³-hybridized carbons (Fsp3) is 0.263. The highest BCUT2D eigenvalue weighted by molar-refractivity contribution is 5.84. The van der Waals surface area contributed by atoms with E-state index in [9.17, 15) is 4.39 Å². The molecule has 1 aliphatic carbocycles. The summed E-state index contributed by atoms with van der Waals surface area (Å²) in [6.07, 6.45) is 4.50. The molecular formula is C19H17FO2. The van der Waals surface area contributed by atoms with Crippen LogP contribution in [0.2, 0.25) is 0 Å². The summed E-state index contributed by atoms with van der Waals surface area (Å²) in [7, 11) is 0. The van der Waals surface area contributed by atoms with Crippen molar-refractivity contribution in [3.05, 3.63) is 65.2 Å². The predicted octanol–water partition coefficient (Wildman–Crippen LogP) is 5.03. The summed E-state index contributed by atoms with van der Waals surface area (Å²) < 4.78 is 25.3. The van der Waals surface area contributed by atoms with Crippen molar-refractivity contribution in [3.8, 4) is 5.75 Å². The number of hydrogen-bond donors (Lipinski definition) is 0. The summed E-state index contributed by atoms with van der Waals surface area (Å²) in [6.45, 7) is 0.234. The maximum atomic E-state index is 13.6. The van der Waals surface area contributed by atoms with Crippen LogP contribution in [0.5, 0.6) is 5.75 Å². The lowest BCUT2D eigenvalue weighted by Gasteiger charge is -2.09. The van der Waals surface area contributed by atoms with Gasteiger partial charge in [-0.15, -0.1) is 0 Å². The van der Waals surface area contributed by atoms with E-state index in [1.807, 2.05) is 24.3 Å². The first-order valence-corrected chi connectivity index (χ1v) is 7.72. The molecule has 0 amide bonds. The Morgan fingerprint density at radius 2 is 1.91 bits per heavy atom. The Morgan fingerprint density at radius 3 is 2.82 bits per heavy atom. The molecule has 0 bridgehead atoms. The number of rotatable bonds is 3. The average molecular weight is 296 g/mol. The highest BCUT2D eigenvalue weighted by Gasteiger charge is 2.18. The number of furan rings is 1. The zero-order chi connectivity index (χ0) is 14.9. The van der Waals surface area contributed by atoms with Crippen LogP contribution in [-0.2, 0) is 19.4 Å². The fourth-order valence-corrected chi connectivity index (χ4v) is 3.11. The highest BCUT2D eigenvalue weighted by atomic mass is 19.1. The number of fused-ring (bicyclic) bond motifs is 3. The van der Waals surface area contributed by atoms with Gasteiger partial charge in [-0.1, -0.05) is 18.2 Å². The van der Waals surface area contributed by atoms with E-state index in [1.54, 1.807) is 12.1 Å². The van der Waals surface area contributed by atoms with Gasteiger partial charge in [0.25, 0.3) is 0 Å². The third-order valence-electron chi connectivity index (χ3n) is 4.28. The first-order chi connectivity index (χ1) is 10.8. The summed E-state index contributed by atoms with van der Waals surface area (Å²) in [5.41, 5.74) is 2.81. The predicted molar refractivity (Wildman–Crippen MR) is 83.6 cm³/mol. The second-order valence-corrected chi connectivity index (χ2v) is 5.75. The molecule has 1 aliphatic rings. The smallest absolute Gasteiger partial charge is 0.134 e. The number of aryl methyl sites for hydroxylation is 2. The summed E-state index contributed by atoms with van der Waals surface area (Å²) >= 11 is 0. The Balaban J connectivity index is 1.61. The van der Waals surface area contributed by atoms with Gasteiger partial charge in [0.2, 0.25) is 0 Å². The lowest BCUT2D eigenvalue weighted by molar-refractivity contribution is 0.300. The van der Waals surface area contributed by atoms with Gasteiger partial charge in [0, 0.05) is 22.9 Å². The zero-order valence-electron chi connectivity index (χ0n) is 12.3. The second kappa shape index (κ2) is 5.48. The summed E-state index contributed by atoms with van der Waals surface area (Å²) in [4.78, 5) is 0. The van der Waals surface area contributed by atoms with Gasteiger partial charge in [-0.05, 0) is 43.5 Å².